The molecule has 0 amide bonds. The Kier molecular flexibility index (Phi) is 7.75. The summed E-state index contributed by atoms with van der Waals surface area (Å²) in [7, 11) is 0. The molecule has 0 N–H and O–H groups in total. The largest absolute Gasteiger partial charge is 0.372 e. The second-order valence-corrected chi connectivity index (χ2v) is 10.8. The van der Waals surface area contributed by atoms with E-state index in [0.717, 1.165) is 6.42 Å². The fourth-order valence-corrected chi connectivity index (χ4v) is 1.93. The zero-order valence-electron chi connectivity index (χ0n) is 7.25. The van der Waals surface area contributed by atoms with Crippen molar-refractivity contribution in [1.82, 2.24) is 0 Å². The Morgan fingerprint density at radius 2 is 1.83 bits per heavy atom. The van der Waals surface area contributed by atoms with Crippen molar-refractivity contribution in [2.24, 2.45) is 0 Å². The zero-order valence-corrected chi connectivity index (χ0v) is 10.5. The highest BCUT2D eigenvalue weighted by Crippen LogP contribution is 2.20. The maximum atomic E-state index is 5.60. The molecular formula is C8H14Cl3Si. The van der Waals surface area contributed by atoms with E-state index in [9.17, 15) is 0 Å². The number of halogens is 3. The highest BCUT2D eigenvalue weighted by molar-refractivity contribution is 7.66. The van der Waals surface area contributed by atoms with Crippen LogP contribution in [0.1, 0.15) is 39.0 Å². The van der Waals surface area contributed by atoms with Gasteiger partial charge in [-0.25, -0.2) is 0 Å². The molecule has 1 radical (unpaired) electrons. The van der Waals surface area contributed by atoms with Gasteiger partial charge in [-0.3, -0.25) is 0 Å². The molecule has 0 heterocycles. The lowest BCUT2D eigenvalue weighted by molar-refractivity contribution is 0.674. The minimum atomic E-state index is -2.61. The summed E-state index contributed by atoms with van der Waals surface area (Å²) in [6, 6.07) is -2.61. The van der Waals surface area contributed by atoms with E-state index in [0.29, 0.717) is 0 Å². The monoisotopic (exact) mass is 243 g/mol. The highest BCUT2D eigenvalue weighted by atomic mass is 35.8. The number of rotatable bonds is 6. The molecule has 71 valence electrons. The molecule has 0 aliphatic rings. The quantitative estimate of drug-likeness (QED) is 0.366. The topological polar surface area (TPSA) is 0 Å². The van der Waals surface area contributed by atoms with Crippen LogP contribution in [0.3, 0.4) is 0 Å². The molecule has 0 aromatic carbocycles. The van der Waals surface area contributed by atoms with Gasteiger partial charge in [-0.2, -0.15) is 0 Å². The van der Waals surface area contributed by atoms with Crippen molar-refractivity contribution < 1.29 is 0 Å². The predicted octanol–water partition coefficient (Wildman–Crippen LogP) is 4.51. The van der Waals surface area contributed by atoms with E-state index in [-0.39, 0.29) is 0 Å². The van der Waals surface area contributed by atoms with Crippen LogP contribution in [0.25, 0.3) is 0 Å². The maximum absolute atomic E-state index is 5.60. The summed E-state index contributed by atoms with van der Waals surface area (Å²) in [5.41, 5.74) is 2.81. The van der Waals surface area contributed by atoms with Crippen LogP contribution >= 0.6 is 33.2 Å². The summed E-state index contributed by atoms with van der Waals surface area (Å²) in [5.74, 6) is 0. The van der Waals surface area contributed by atoms with Crippen LogP contribution in [-0.4, -0.2) is 6.00 Å². The number of allylic oxidation sites excluding steroid dienone is 1. The van der Waals surface area contributed by atoms with Gasteiger partial charge in [0.05, 0.1) is 0 Å². The van der Waals surface area contributed by atoms with Crippen molar-refractivity contribution in [1.29, 1.82) is 0 Å². The first kappa shape index (κ1) is 12.8. The van der Waals surface area contributed by atoms with Crippen molar-refractivity contribution in [3.8, 4) is 0 Å². The third-order valence-corrected chi connectivity index (χ3v) is 2.98. The van der Waals surface area contributed by atoms with E-state index < -0.39 is 6.00 Å². The molecule has 0 aliphatic carbocycles. The third-order valence-electron chi connectivity index (χ3n) is 1.47. The second kappa shape index (κ2) is 7.25. The normalized spacial score (nSPS) is 12.7. The summed E-state index contributed by atoms with van der Waals surface area (Å²) in [6.45, 7) is 2.19. The van der Waals surface area contributed by atoms with Gasteiger partial charge in [0, 0.05) is 0 Å². The first-order valence-electron chi connectivity index (χ1n) is 4.22. The van der Waals surface area contributed by atoms with Crippen molar-refractivity contribution in [2.75, 3.05) is 0 Å². The Bertz CT molecular complexity index is 129. The summed E-state index contributed by atoms with van der Waals surface area (Å²) >= 11 is 16.8. The predicted molar refractivity (Wildman–Crippen MR) is 59.9 cm³/mol. The average molecular weight is 245 g/mol. The van der Waals surface area contributed by atoms with Crippen LogP contribution in [0.15, 0.2) is 6.08 Å². The number of hydrogen-bond donors (Lipinski definition) is 0. The van der Waals surface area contributed by atoms with Crippen LogP contribution in [-0.2, 0) is 0 Å². The van der Waals surface area contributed by atoms with Gasteiger partial charge in [-0.05, 0) is 18.5 Å². The molecule has 0 aromatic rings. The van der Waals surface area contributed by atoms with E-state index in [1.807, 2.05) is 6.08 Å². The lowest BCUT2D eigenvalue weighted by atomic mass is 10.2. The highest BCUT2D eigenvalue weighted by Gasteiger charge is 2.20. The standard InChI is InChI=1S/C8H14Cl3Si/c1-2-3-4-5-6-7-8-12(9,10)11/h7H,2-6H2,1H3. The lowest BCUT2D eigenvalue weighted by Gasteiger charge is -1.97. The van der Waals surface area contributed by atoms with Gasteiger partial charge in [0.25, 0.3) is 0 Å². The molecule has 0 rings (SSSR count). The van der Waals surface area contributed by atoms with Crippen LogP contribution in [0.2, 0.25) is 0 Å². The van der Waals surface area contributed by atoms with E-state index >= 15 is 0 Å². The fourth-order valence-electron chi connectivity index (χ4n) is 0.861. The summed E-state index contributed by atoms with van der Waals surface area (Å²) < 4.78 is 0. The maximum Gasteiger partial charge on any atom is 0.372 e. The molecule has 0 spiro atoms. The van der Waals surface area contributed by atoms with Crippen LogP contribution in [0, 0.1) is 5.70 Å². The Morgan fingerprint density at radius 1 is 1.17 bits per heavy atom. The molecule has 0 aliphatic heterocycles. The fraction of sp³-hybridized carbons (Fsp3) is 0.750. The van der Waals surface area contributed by atoms with Crippen LogP contribution in [0.5, 0.6) is 0 Å². The SMILES string of the molecule is CCCCCC/C=[C]/[Si](Cl)(Cl)Cl. The Morgan fingerprint density at radius 3 is 2.33 bits per heavy atom. The minimum absolute atomic E-state index is 0.987. The van der Waals surface area contributed by atoms with Crippen molar-refractivity contribution in [3.05, 3.63) is 11.8 Å². The second-order valence-electron chi connectivity index (χ2n) is 2.70. The molecule has 4 heteroatoms. The smallest absolute Gasteiger partial charge is 0.121 e. The van der Waals surface area contributed by atoms with Gasteiger partial charge in [-0.15, -0.1) is 33.2 Å². The minimum Gasteiger partial charge on any atom is -0.121 e. The van der Waals surface area contributed by atoms with E-state index in [1.54, 1.807) is 0 Å². The first-order valence-corrected chi connectivity index (χ1v) is 9.26. The number of unbranched alkanes of at least 4 members (excludes halogenated alkanes) is 4. The van der Waals surface area contributed by atoms with E-state index in [4.69, 9.17) is 33.2 Å². The molecule has 0 aromatic heterocycles. The van der Waals surface area contributed by atoms with Gasteiger partial charge < -0.3 is 0 Å². The molecule has 0 bridgehead atoms. The number of hydrogen-bond acceptors (Lipinski definition) is 0. The van der Waals surface area contributed by atoms with Crippen LogP contribution in [0.4, 0.5) is 0 Å². The molecular weight excluding hydrogens is 231 g/mol. The Hall–Kier alpha value is 0.827. The van der Waals surface area contributed by atoms with E-state index in [2.05, 4.69) is 12.6 Å². The molecule has 0 nitrogen and oxygen atoms in total. The zero-order chi connectivity index (χ0) is 9.45. The van der Waals surface area contributed by atoms with Gasteiger partial charge in [0.15, 0.2) is 0 Å². The van der Waals surface area contributed by atoms with Gasteiger partial charge in [0.2, 0.25) is 0 Å². The Balaban J connectivity index is 3.25. The molecule has 0 saturated heterocycles. The average Bonchev–Trinajstić information content (AvgIpc) is 1.94. The van der Waals surface area contributed by atoms with Crippen molar-refractivity contribution in [2.45, 2.75) is 39.0 Å². The molecule has 0 fully saturated rings. The van der Waals surface area contributed by atoms with Gasteiger partial charge >= 0.3 is 6.00 Å². The third kappa shape index (κ3) is 10.8. The van der Waals surface area contributed by atoms with Gasteiger partial charge in [-0.1, -0.05) is 32.3 Å². The van der Waals surface area contributed by atoms with E-state index in [1.165, 1.54) is 25.7 Å². The summed E-state index contributed by atoms with van der Waals surface area (Å²) in [4.78, 5) is 0. The summed E-state index contributed by atoms with van der Waals surface area (Å²) in [6.07, 6.45) is 7.84. The first-order chi connectivity index (χ1) is 5.56. The molecule has 12 heavy (non-hydrogen) atoms. The van der Waals surface area contributed by atoms with Crippen molar-refractivity contribution in [3.63, 3.8) is 0 Å². The molecule has 0 unspecified atom stereocenters. The molecule has 0 atom stereocenters. The van der Waals surface area contributed by atoms with Gasteiger partial charge in [0.1, 0.15) is 0 Å². The Labute approximate surface area is 90.0 Å². The summed E-state index contributed by atoms with van der Waals surface area (Å²) in [5, 5.41) is 0. The van der Waals surface area contributed by atoms with Crippen molar-refractivity contribution >= 4 is 39.2 Å². The molecule has 0 saturated carbocycles. The lowest BCUT2D eigenvalue weighted by Crippen LogP contribution is -2.04. The van der Waals surface area contributed by atoms with Crippen LogP contribution < -0.4 is 0 Å².